The van der Waals surface area contributed by atoms with Gasteiger partial charge in [-0.3, -0.25) is 0 Å². The van der Waals surface area contributed by atoms with Crippen LogP contribution in [0.2, 0.25) is 0 Å². The van der Waals surface area contributed by atoms with Crippen molar-refractivity contribution in [1.29, 1.82) is 0 Å². The van der Waals surface area contributed by atoms with Gasteiger partial charge in [-0.15, -0.1) is 0 Å². The number of benzene rings is 1. The molecule has 5 heteroatoms. The van der Waals surface area contributed by atoms with E-state index in [1.54, 1.807) is 0 Å². The number of nitrogens with zero attached hydrogens (tertiary/aromatic N) is 2. The first-order valence-corrected chi connectivity index (χ1v) is 7.43. The minimum Gasteiger partial charge on any atom is -0.359 e. The number of nitrogens with one attached hydrogen (secondary N) is 2. The number of rotatable bonds is 2. The molecular weight excluding hydrogens is 264 g/mol. The van der Waals surface area contributed by atoms with Gasteiger partial charge in [0.2, 0.25) is 0 Å². The van der Waals surface area contributed by atoms with E-state index in [-0.39, 0.29) is 6.03 Å². The Morgan fingerprint density at radius 1 is 1.33 bits per heavy atom. The molecule has 1 aliphatic rings. The maximum atomic E-state index is 12.4. The Balaban J connectivity index is 1.68. The normalized spacial score (nSPS) is 17.0. The van der Waals surface area contributed by atoms with Gasteiger partial charge in [0.25, 0.3) is 0 Å². The number of hydrogen-bond acceptors (Lipinski definition) is 2. The Morgan fingerprint density at radius 3 is 2.81 bits per heavy atom. The van der Waals surface area contributed by atoms with Crippen LogP contribution in [0.4, 0.5) is 10.5 Å². The number of anilines is 1. The third-order valence-electron chi connectivity index (χ3n) is 4.39. The highest BCUT2D eigenvalue weighted by Crippen LogP contribution is 2.23. The second kappa shape index (κ2) is 5.77. The van der Waals surface area contributed by atoms with Crippen molar-refractivity contribution in [1.82, 2.24) is 14.8 Å². The number of para-hydroxylation sites is 1. The van der Waals surface area contributed by atoms with Crippen molar-refractivity contribution in [3.8, 4) is 0 Å². The Morgan fingerprint density at radius 2 is 2.05 bits per heavy atom. The average molecular weight is 286 g/mol. The minimum absolute atomic E-state index is 0.0330. The fourth-order valence-electron chi connectivity index (χ4n) is 2.93. The molecule has 0 spiro atoms. The Kier molecular flexibility index (Phi) is 3.84. The van der Waals surface area contributed by atoms with Crippen LogP contribution in [0, 0.1) is 0 Å². The molecule has 0 saturated carbocycles. The molecule has 1 aromatic carbocycles. The highest BCUT2D eigenvalue weighted by molar-refractivity contribution is 6.00. The second-order valence-corrected chi connectivity index (χ2v) is 5.82. The predicted octanol–water partition coefficient (Wildman–Crippen LogP) is 2.73. The number of aromatic nitrogens is 1. The first kappa shape index (κ1) is 13.9. The SMILES string of the molecule is CN1CCC(N(C)C(=O)Nc2c[nH]c3ccccc23)CC1. The van der Waals surface area contributed by atoms with Gasteiger partial charge in [0, 0.05) is 30.2 Å². The fourth-order valence-corrected chi connectivity index (χ4v) is 2.93. The van der Waals surface area contributed by atoms with Crippen LogP contribution in [0.1, 0.15) is 12.8 Å². The lowest BCUT2D eigenvalue weighted by atomic mass is 10.0. The Labute approximate surface area is 124 Å². The van der Waals surface area contributed by atoms with Crippen molar-refractivity contribution in [2.24, 2.45) is 0 Å². The van der Waals surface area contributed by atoms with Crippen molar-refractivity contribution in [2.75, 3.05) is 32.5 Å². The summed E-state index contributed by atoms with van der Waals surface area (Å²) in [5.41, 5.74) is 1.88. The first-order valence-electron chi connectivity index (χ1n) is 7.43. The van der Waals surface area contributed by atoms with Gasteiger partial charge < -0.3 is 20.1 Å². The van der Waals surface area contributed by atoms with E-state index in [1.165, 1.54) is 0 Å². The summed E-state index contributed by atoms with van der Waals surface area (Å²) in [5, 5.41) is 4.06. The molecule has 0 bridgehead atoms. The molecule has 0 unspecified atom stereocenters. The second-order valence-electron chi connectivity index (χ2n) is 5.82. The van der Waals surface area contributed by atoms with Gasteiger partial charge in [-0.05, 0) is 39.0 Å². The zero-order chi connectivity index (χ0) is 14.8. The molecule has 0 atom stereocenters. The molecule has 3 rings (SSSR count). The highest BCUT2D eigenvalue weighted by Gasteiger charge is 2.24. The first-order chi connectivity index (χ1) is 10.1. The zero-order valence-electron chi connectivity index (χ0n) is 12.6. The quantitative estimate of drug-likeness (QED) is 0.892. The monoisotopic (exact) mass is 286 g/mol. The third-order valence-corrected chi connectivity index (χ3v) is 4.39. The van der Waals surface area contributed by atoms with Crippen LogP contribution in [0.15, 0.2) is 30.5 Å². The number of H-pyrrole nitrogens is 1. The number of fused-ring (bicyclic) bond motifs is 1. The van der Waals surface area contributed by atoms with Crippen LogP contribution < -0.4 is 5.32 Å². The molecule has 2 aromatic rings. The van der Waals surface area contributed by atoms with E-state index in [9.17, 15) is 4.79 Å². The molecule has 21 heavy (non-hydrogen) atoms. The van der Waals surface area contributed by atoms with Crippen LogP contribution in [-0.4, -0.2) is 54.0 Å². The number of carbonyl (C=O) groups excluding carboxylic acids is 1. The number of hydrogen-bond donors (Lipinski definition) is 2. The summed E-state index contributed by atoms with van der Waals surface area (Å²) in [7, 11) is 4.02. The van der Waals surface area contributed by atoms with Crippen molar-refractivity contribution >= 4 is 22.6 Å². The Hall–Kier alpha value is -2.01. The minimum atomic E-state index is -0.0330. The summed E-state index contributed by atoms with van der Waals surface area (Å²) in [6.07, 6.45) is 3.92. The van der Waals surface area contributed by atoms with Crippen LogP contribution in [-0.2, 0) is 0 Å². The maximum absolute atomic E-state index is 12.4. The van der Waals surface area contributed by atoms with Crippen LogP contribution in [0.25, 0.3) is 10.9 Å². The summed E-state index contributed by atoms with van der Waals surface area (Å²) in [4.78, 5) is 19.7. The van der Waals surface area contributed by atoms with Crippen LogP contribution in [0.3, 0.4) is 0 Å². The van der Waals surface area contributed by atoms with E-state index < -0.39 is 0 Å². The molecule has 0 aliphatic carbocycles. The third kappa shape index (κ3) is 2.88. The van der Waals surface area contributed by atoms with Gasteiger partial charge in [0.05, 0.1) is 5.69 Å². The lowest BCUT2D eigenvalue weighted by Gasteiger charge is -2.35. The molecule has 2 amide bonds. The smallest absolute Gasteiger partial charge is 0.321 e. The number of piperidine rings is 1. The predicted molar refractivity (Wildman–Crippen MR) is 85.6 cm³/mol. The lowest BCUT2D eigenvalue weighted by Crippen LogP contribution is -2.46. The van der Waals surface area contributed by atoms with Crippen LogP contribution in [0.5, 0.6) is 0 Å². The van der Waals surface area contributed by atoms with Gasteiger partial charge in [-0.1, -0.05) is 18.2 Å². The molecule has 112 valence electrons. The summed E-state index contributed by atoms with van der Waals surface area (Å²) >= 11 is 0. The molecule has 2 heterocycles. The van der Waals surface area contributed by atoms with Crippen molar-refractivity contribution in [3.05, 3.63) is 30.5 Å². The molecular formula is C16H22N4O. The van der Waals surface area contributed by atoms with E-state index >= 15 is 0 Å². The zero-order valence-corrected chi connectivity index (χ0v) is 12.6. The number of urea groups is 1. The standard InChI is InChI=1S/C16H22N4O/c1-19-9-7-12(8-10-19)20(2)16(21)18-15-11-17-14-6-4-3-5-13(14)15/h3-6,11-12,17H,7-10H2,1-2H3,(H,18,21). The number of likely N-dealkylation sites (tertiary alicyclic amines) is 1. The molecule has 5 nitrogen and oxygen atoms in total. The van der Waals surface area contributed by atoms with E-state index in [0.717, 1.165) is 42.5 Å². The molecule has 1 saturated heterocycles. The summed E-state index contributed by atoms with van der Waals surface area (Å²) in [5.74, 6) is 0. The van der Waals surface area contributed by atoms with Crippen molar-refractivity contribution in [2.45, 2.75) is 18.9 Å². The number of carbonyl (C=O) groups is 1. The van der Waals surface area contributed by atoms with Crippen molar-refractivity contribution < 1.29 is 4.79 Å². The average Bonchev–Trinajstić information content (AvgIpc) is 2.91. The molecule has 1 aromatic heterocycles. The summed E-state index contributed by atoms with van der Waals surface area (Å²) in [6, 6.07) is 8.27. The maximum Gasteiger partial charge on any atom is 0.321 e. The van der Waals surface area contributed by atoms with Gasteiger partial charge >= 0.3 is 6.03 Å². The summed E-state index contributed by atoms with van der Waals surface area (Å²) < 4.78 is 0. The molecule has 2 N–H and O–H groups in total. The lowest BCUT2D eigenvalue weighted by molar-refractivity contribution is 0.156. The topological polar surface area (TPSA) is 51.4 Å². The van der Waals surface area contributed by atoms with E-state index in [4.69, 9.17) is 0 Å². The van der Waals surface area contributed by atoms with Gasteiger partial charge in [0.15, 0.2) is 0 Å². The number of amides is 2. The van der Waals surface area contributed by atoms with Crippen LogP contribution >= 0.6 is 0 Å². The highest BCUT2D eigenvalue weighted by atomic mass is 16.2. The Bertz CT molecular complexity index is 628. The molecule has 0 radical (unpaired) electrons. The van der Waals surface area contributed by atoms with Gasteiger partial charge in [-0.25, -0.2) is 4.79 Å². The van der Waals surface area contributed by atoms with E-state index in [1.807, 2.05) is 42.4 Å². The molecule has 1 aliphatic heterocycles. The van der Waals surface area contributed by atoms with Gasteiger partial charge in [-0.2, -0.15) is 0 Å². The van der Waals surface area contributed by atoms with Crippen molar-refractivity contribution in [3.63, 3.8) is 0 Å². The summed E-state index contributed by atoms with van der Waals surface area (Å²) in [6.45, 7) is 2.10. The van der Waals surface area contributed by atoms with E-state index in [0.29, 0.717) is 6.04 Å². The largest absolute Gasteiger partial charge is 0.359 e. The number of aromatic amines is 1. The van der Waals surface area contributed by atoms with Gasteiger partial charge in [0.1, 0.15) is 0 Å². The van der Waals surface area contributed by atoms with E-state index in [2.05, 4.69) is 22.2 Å². The fraction of sp³-hybridized carbons (Fsp3) is 0.438. The molecule has 1 fully saturated rings.